The molecule has 0 saturated heterocycles. The van der Waals surface area contributed by atoms with E-state index in [1.54, 1.807) is 11.3 Å². The molecule has 2 heterocycles. The molecule has 6 heteroatoms. The van der Waals surface area contributed by atoms with Crippen LogP contribution in [0, 0.1) is 0 Å². The molecule has 0 aliphatic heterocycles. The van der Waals surface area contributed by atoms with Crippen molar-refractivity contribution in [3.63, 3.8) is 0 Å². The summed E-state index contributed by atoms with van der Waals surface area (Å²) in [6.07, 6.45) is 11.5. The van der Waals surface area contributed by atoms with Gasteiger partial charge in [-0.1, -0.05) is 35.8 Å². The number of carbonyl (C=O) groups is 1. The normalized spacial score (nSPS) is 19.1. The molecule has 0 spiro atoms. The zero-order valence-electron chi connectivity index (χ0n) is 12.6. The zero-order chi connectivity index (χ0) is 14.9. The molecule has 1 saturated carbocycles. The Morgan fingerprint density at radius 3 is 2.68 bits per heavy atom. The Morgan fingerprint density at radius 2 is 1.91 bits per heavy atom. The predicted octanol–water partition coefficient (Wildman–Crippen LogP) is 3.46. The highest BCUT2D eigenvalue weighted by Gasteiger charge is 2.27. The molecule has 0 atom stereocenters. The van der Waals surface area contributed by atoms with Crippen LogP contribution in [0.3, 0.4) is 0 Å². The standard InChI is InChI=1S/C16H20N4OS/c21-10-13-15(11-6-2-1-3-7-11)20(19-18-13)16-17-12-8-4-5-9-14(12)22-16/h10-11H,1-9H2. The minimum Gasteiger partial charge on any atom is -0.296 e. The van der Waals surface area contributed by atoms with Crippen molar-refractivity contribution in [2.24, 2.45) is 0 Å². The fourth-order valence-corrected chi connectivity index (χ4v) is 4.82. The second-order valence-electron chi connectivity index (χ2n) is 6.30. The molecule has 22 heavy (non-hydrogen) atoms. The van der Waals surface area contributed by atoms with Crippen LogP contribution in [0.15, 0.2) is 0 Å². The monoisotopic (exact) mass is 316 g/mol. The van der Waals surface area contributed by atoms with E-state index >= 15 is 0 Å². The van der Waals surface area contributed by atoms with E-state index in [2.05, 4.69) is 10.3 Å². The van der Waals surface area contributed by atoms with Crippen molar-refractivity contribution in [2.75, 3.05) is 0 Å². The Morgan fingerprint density at radius 1 is 1.09 bits per heavy atom. The van der Waals surface area contributed by atoms with Gasteiger partial charge in [-0.15, -0.1) is 5.10 Å². The molecule has 0 aromatic carbocycles. The fraction of sp³-hybridized carbons (Fsp3) is 0.625. The van der Waals surface area contributed by atoms with Gasteiger partial charge in [0.25, 0.3) is 0 Å². The Labute approximate surface area is 133 Å². The average Bonchev–Trinajstić information content (AvgIpc) is 3.18. The second-order valence-corrected chi connectivity index (χ2v) is 7.36. The molecule has 2 aliphatic carbocycles. The number of aldehydes is 1. The van der Waals surface area contributed by atoms with Gasteiger partial charge in [-0.05, 0) is 38.5 Å². The molecule has 0 unspecified atom stereocenters. The van der Waals surface area contributed by atoms with Gasteiger partial charge in [-0.3, -0.25) is 4.79 Å². The molecule has 0 radical (unpaired) electrons. The van der Waals surface area contributed by atoms with Crippen molar-refractivity contribution in [2.45, 2.75) is 63.7 Å². The van der Waals surface area contributed by atoms with Crippen LogP contribution in [0.1, 0.15) is 77.6 Å². The summed E-state index contributed by atoms with van der Waals surface area (Å²) in [5.74, 6) is 0.393. The number of rotatable bonds is 3. The molecule has 1 fully saturated rings. The minimum absolute atomic E-state index is 0.393. The van der Waals surface area contributed by atoms with Gasteiger partial charge in [0.15, 0.2) is 6.29 Å². The molecule has 4 rings (SSSR count). The SMILES string of the molecule is O=Cc1nnn(-c2nc3c(s2)CCCC3)c1C1CCCCC1. The lowest BCUT2D eigenvalue weighted by Crippen LogP contribution is -2.12. The summed E-state index contributed by atoms with van der Waals surface area (Å²) in [6.45, 7) is 0. The van der Waals surface area contributed by atoms with Crippen molar-refractivity contribution in [3.8, 4) is 5.13 Å². The van der Waals surface area contributed by atoms with Gasteiger partial charge in [0, 0.05) is 10.8 Å². The van der Waals surface area contributed by atoms with Crippen LogP contribution in [-0.4, -0.2) is 26.3 Å². The number of fused-ring (bicyclic) bond motifs is 1. The quantitative estimate of drug-likeness (QED) is 0.814. The molecule has 0 amide bonds. The first-order valence-electron chi connectivity index (χ1n) is 8.26. The van der Waals surface area contributed by atoms with Crippen LogP contribution in [0.4, 0.5) is 0 Å². The maximum atomic E-state index is 11.4. The maximum absolute atomic E-state index is 11.4. The highest BCUT2D eigenvalue weighted by Crippen LogP contribution is 2.36. The van der Waals surface area contributed by atoms with Gasteiger partial charge < -0.3 is 0 Å². The Balaban J connectivity index is 1.76. The van der Waals surface area contributed by atoms with Gasteiger partial charge in [0.1, 0.15) is 5.69 Å². The first-order valence-corrected chi connectivity index (χ1v) is 9.08. The third-order valence-electron chi connectivity index (χ3n) is 4.85. The molecule has 5 nitrogen and oxygen atoms in total. The Bertz CT molecular complexity index is 661. The molecule has 2 aliphatic rings. The van der Waals surface area contributed by atoms with Crippen LogP contribution in [0.5, 0.6) is 0 Å². The number of aromatic nitrogens is 4. The lowest BCUT2D eigenvalue weighted by molar-refractivity contribution is 0.111. The smallest absolute Gasteiger partial charge is 0.212 e. The lowest BCUT2D eigenvalue weighted by atomic mass is 9.86. The number of nitrogens with zero attached hydrogens (tertiary/aromatic N) is 4. The third kappa shape index (κ3) is 2.39. The summed E-state index contributed by atoms with van der Waals surface area (Å²) in [7, 11) is 0. The van der Waals surface area contributed by atoms with E-state index in [4.69, 9.17) is 4.98 Å². The van der Waals surface area contributed by atoms with Crippen molar-refractivity contribution < 1.29 is 4.79 Å². The van der Waals surface area contributed by atoms with E-state index in [9.17, 15) is 4.79 Å². The Hall–Kier alpha value is -1.56. The summed E-state index contributed by atoms with van der Waals surface area (Å²) in [5, 5.41) is 9.26. The van der Waals surface area contributed by atoms with Crippen molar-refractivity contribution >= 4 is 17.6 Å². The van der Waals surface area contributed by atoms with E-state index < -0.39 is 0 Å². The molecular weight excluding hydrogens is 296 g/mol. The van der Waals surface area contributed by atoms with Crippen LogP contribution < -0.4 is 0 Å². The first-order chi connectivity index (χ1) is 10.9. The number of hydrogen-bond acceptors (Lipinski definition) is 5. The van der Waals surface area contributed by atoms with Crippen molar-refractivity contribution in [1.29, 1.82) is 0 Å². The van der Waals surface area contributed by atoms with Crippen LogP contribution in [-0.2, 0) is 12.8 Å². The number of carbonyl (C=O) groups excluding carboxylic acids is 1. The lowest BCUT2D eigenvalue weighted by Gasteiger charge is -2.21. The van der Waals surface area contributed by atoms with E-state index in [0.29, 0.717) is 11.6 Å². The van der Waals surface area contributed by atoms with E-state index in [1.165, 1.54) is 42.7 Å². The maximum Gasteiger partial charge on any atom is 0.212 e. The highest BCUT2D eigenvalue weighted by molar-refractivity contribution is 7.14. The van der Waals surface area contributed by atoms with Crippen LogP contribution in [0.25, 0.3) is 5.13 Å². The number of thiazole rings is 1. The summed E-state index contributed by atoms with van der Waals surface area (Å²) < 4.78 is 1.85. The highest BCUT2D eigenvalue weighted by atomic mass is 32.1. The minimum atomic E-state index is 0.393. The fourth-order valence-electron chi connectivity index (χ4n) is 3.71. The van der Waals surface area contributed by atoms with Gasteiger partial charge in [0.05, 0.1) is 11.4 Å². The second kappa shape index (κ2) is 5.91. The molecule has 0 bridgehead atoms. The van der Waals surface area contributed by atoms with Gasteiger partial charge in [-0.2, -0.15) is 4.68 Å². The van der Waals surface area contributed by atoms with Crippen molar-refractivity contribution in [3.05, 3.63) is 22.0 Å². The molecule has 0 N–H and O–H groups in total. The van der Waals surface area contributed by atoms with Gasteiger partial charge >= 0.3 is 0 Å². The Kier molecular flexibility index (Phi) is 3.78. The van der Waals surface area contributed by atoms with Crippen LogP contribution in [0.2, 0.25) is 0 Å². The molecular formula is C16H20N4OS. The molecule has 2 aromatic heterocycles. The number of hydrogen-bond donors (Lipinski definition) is 0. The van der Waals surface area contributed by atoms with Crippen LogP contribution >= 0.6 is 11.3 Å². The topological polar surface area (TPSA) is 60.7 Å². The predicted molar refractivity (Wildman–Crippen MR) is 84.9 cm³/mol. The first kappa shape index (κ1) is 14.1. The van der Waals surface area contributed by atoms with Gasteiger partial charge in [-0.25, -0.2) is 4.98 Å². The van der Waals surface area contributed by atoms with E-state index in [-0.39, 0.29) is 0 Å². The summed E-state index contributed by atoms with van der Waals surface area (Å²) >= 11 is 1.72. The molecule has 2 aromatic rings. The zero-order valence-corrected chi connectivity index (χ0v) is 13.4. The van der Waals surface area contributed by atoms with E-state index in [0.717, 1.165) is 42.8 Å². The largest absolute Gasteiger partial charge is 0.296 e. The van der Waals surface area contributed by atoms with E-state index in [1.807, 2.05) is 4.68 Å². The average molecular weight is 316 g/mol. The summed E-state index contributed by atoms with van der Waals surface area (Å²) in [6, 6.07) is 0. The summed E-state index contributed by atoms with van der Waals surface area (Å²) in [5.41, 5.74) is 2.71. The molecule has 116 valence electrons. The number of aryl methyl sites for hydroxylation is 2. The summed E-state index contributed by atoms with van der Waals surface area (Å²) in [4.78, 5) is 17.6. The van der Waals surface area contributed by atoms with Gasteiger partial charge in [0.2, 0.25) is 5.13 Å². The van der Waals surface area contributed by atoms with Crippen molar-refractivity contribution in [1.82, 2.24) is 20.0 Å². The third-order valence-corrected chi connectivity index (χ3v) is 5.98.